The number of allylic oxidation sites excluding steroid dienone is 1. The summed E-state index contributed by atoms with van der Waals surface area (Å²) in [5, 5.41) is 2.66. The SMILES string of the molecule is C=C/C(=C\C(=C\C)CN1CCCC1)[C@@](Cc1ccccc1)(NC(=O)c1ccc(F)c(C(F)(F)F)c1)c1cc(F)cc(OC(F)(F)C(F)F)c1. The first-order chi connectivity index (χ1) is 23.1. The van der Waals surface area contributed by atoms with E-state index in [1.807, 2.05) is 0 Å². The van der Waals surface area contributed by atoms with Crippen LogP contribution in [0.1, 0.15) is 46.8 Å². The second kappa shape index (κ2) is 15.4. The Morgan fingerprint density at radius 2 is 1.65 bits per heavy atom. The Hall–Kier alpha value is -4.52. The zero-order chi connectivity index (χ0) is 36.0. The lowest BCUT2D eigenvalue weighted by molar-refractivity contribution is -0.253. The number of carbonyl (C=O) groups is 1. The van der Waals surface area contributed by atoms with E-state index in [9.17, 15) is 39.9 Å². The second-order valence-electron chi connectivity index (χ2n) is 11.5. The maximum Gasteiger partial charge on any atom is 0.461 e. The lowest BCUT2D eigenvalue weighted by atomic mass is 9.76. The van der Waals surface area contributed by atoms with Gasteiger partial charge in [-0.15, -0.1) is 0 Å². The van der Waals surface area contributed by atoms with Crippen LogP contribution in [-0.4, -0.2) is 43.0 Å². The van der Waals surface area contributed by atoms with Gasteiger partial charge in [0, 0.05) is 24.6 Å². The van der Waals surface area contributed by atoms with Gasteiger partial charge >= 0.3 is 18.7 Å². The number of halogens is 9. The summed E-state index contributed by atoms with van der Waals surface area (Å²) in [7, 11) is 0. The summed E-state index contributed by atoms with van der Waals surface area (Å²) in [4.78, 5) is 16.1. The van der Waals surface area contributed by atoms with Gasteiger partial charge in [-0.1, -0.05) is 55.1 Å². The summed E-state index contributed by atoms with van der Waals surface area (Å²) in [6, 6.07) is 12.0. The fraction of sp³-hybridized carbons (Fsp3) is 0.306. The van der Waals surface area contributed by atoms with Gasteiger partial charge in [-0.25, -0.2) is 8.78 Å². The van der Waals surface area contributed by atoms with Gasteiger partial charge in [0.05, 0.1) is 11.1 Å². The highest BCUT2D eigenvalue weighted by Gasteiger charge is 2.45. The normalized spacial score (nSPS) is 16.1. The maximum absolute atomic E-state index is 15.3. The summed E-state index contributed by atoms with van der Waals surface area (Å²) < 4.78 is 129. The zero-order valence-corrected chi connectivity index (χ0v) is 26.3. The van der Waals surface area contributed by atoms with E-state index in [0.29, 0.717) is 35.9 Å². The Morgan fingerprint density at radius 3 is 2.24 bits per heavy atom. The van der Waals surface area contributed by atoms with Gasteiger partial charge < -0.3 is 10.1 Å². The Morgan fingerprint density at radius 1 is 0.980 bits per heavy atom. The molecule has 3 aromatic rings. The highest BCUT2D eigenvalue weighted by Crippen LogP contribution is 2.40. The minimum atomic E-state index is -5.16. The molecule has 4 nitrogen and oxygen atoms in total. The van der Waals surface area contributed by atoms with E-state index >= 15 is 4.39 Å². The number of hydrogen-bond donors (Lipinski definition) is 1. The number of likely N-dealkylation sites (tertiary alicyclic amines) is 1. The van der Waals surface area contributed by atoms with E-state index in [4.69, 9.17) is 0 Å². The average Bonchev–Trinajstić information content (AvgIpc) is 3.55. The molecule has 1 heterocycles. The molecule has 0 radical (unpaired) electrons. The summed E-state index contributed by atoms with van der Waals surface area (Å²) in [5.41, 5.74) is -3.32. The predicted molar refractivity (Wildman–Crippen MR) is 166 cm³/mol. The molecular weight excluding hydrogens is 663 g/mol. The average molecular weight is 697 g/mol. The van der Waals surface area contributed by atoms with Gasteiger partial charge in [0.15, 0.2) is 0 Å². The van der Waals surface area contributed by atoms with Crippen LogP contribution in [0.5, 0.6) is 5.75 Å². The van der Waals surface area contributed by atoms with Crippen molar-refractivity contribution in [1.29, 1.82) is 0 Å². The minimum absolute atomic E-state index is 0.146. The number of alkyl halides is 7. The van der Waals surface area contributed by atoms with Crippen LogP contribution in [0, 0.1) is 11.6 Å². The quantitative estimate of drug-likeness (QED) is 0.143. The predicted octanol–water partition coefficient (Wildman–Crippen LogP) is 9.24. The van der Waals surface area contributed by atoms with Crippen LogP contribution in [0.25, 0.3) is 0 Å². The van der Waals surface area contributed by atoms with Crippen molar-refractivity contribution >= 4 is 5.91 Å². The molecule has 262 valence electrons. The molecule has 1 amide bonds. The first-order valence-electron chi connectivity index (χ1n) is 15.2. The first kappa shape index (κ1) is 37.3. The number of ether oxygens (including phenoxy) is 1. The number of benzene rings is 3. The van der Waals surface area contributed by atoms with Crippen molar-refractivity contribution < 1.29 is 49.0 Å². The molecule has 0 aliphatic carbocycles. The van der Waals surface area contributed by atoms with Crippen LogP contribution >= 0.6 is 0 Å². The molecule has 13 heteroatoms. The Bertz CT molecular complexity index is 1700. The highest BCUT2D eigenvalue weighted by molar-refractivity contribution is 5.95. The van der Waals surface area contributed by atoms with Crippen LogP contribution in [0.4, 0.5) is 39.5 Å². The van der Waals surface area contributed by atoms with Gasteiger partial charge in [-0.2, -0.15) is 30.7 Å². The molecule has 0 unspecified atom stereocenters. The molecule has 1 aliphatic heterocycles. The lowest BCUT2D eigenvalue weighted by Gasteiger charge is -2.38. The molecular formula is C36H33F9N2O2. The van der Waals surface area contributed by atoms with Crippen molar-refractivity contribution in [1.82, 2.24) is 10.2 Å². The van der Waals surface area contributed by atoms with E-state index in [2.05, 4.69) is 21.5 Å². The fourth-order valence-electron chi connectivity index (χ4n) is 5.66. The van der Waals surface area contributed by atoms with E-state index in [0.717, 1.165) is 44.1 Å². The van der Waals surface area contributed by atoms with Gasteiger partial charge in [-0.3, -0.25) is 9.69 Å². The summed E-state index contributed by atoms with van der Waals surface area (Å²) >= 11 is 0. The minimum Gasteiger partial charge on any atom is -0.428 e. The number of rotatable bonds is 13. The molecule has 4 rings (SSSR count). The third kappa shape index (κ3) is 9.14. The standard InChI is InChI=1S/C36H33F9N2O2/c1-3-23(22-47-14-8-9-15-47)16-26(4-2)34(21-24-10-6-5-7-11-24,27-18-28(37)20-29(19-27)49-36(44,45)33(39)40)46-32(48)25-12-13-31(38)30(17-25)35(41,42)43/h3-7,10-13,16-20,33H,2,8-9,14-15,21-22H2,1H3,(H,46,48)/b23-3-,26-16+/t34-/m1/s1. The third-order valence-corrected chi connectivity index (χ3v) is 8.07. The largest absolute Gasteiger partial charge is 0.461 e. The van der Waals surface area contributed by atoms with Crippen LogP contribution in [-0.2, 0) is 18.1 Å². The molecule has 49 heavy (non-hydrogen) atoms. The molecule has 3 aromatic carbocycles. The maximum atomic E-state index is 15.3. The Labute approximate surface area is 277 Å². The van der Waals surface area contributed by atoms with Crippen molar-refractivity contribution in [3.8, 4) is 5.75 Å². The molecule has 1 saturated heterocycles. The monoisotopic (exact) mass is 696 g/mol. The molecule has 1 fully saturated rings. The first-order valence-corrected chi connectivity index (χ1v) is 15.2. The summed E-state index contributed by atoms with van der Waals surface area (Å²) in [6.45, 7) is 7.66. The van der Waals surface area contributed by atoms with Crippen molar-refractivity contribution in [2.24, 2.45) is 0 Å². The van der Waals surface area contributed by atoms with Gasteiger partial charge in [-0.05, 0) is 85.5 Å². The van der Waals surface area contributed by atoms with Crippen molar-refractivity contribution in [2.45, 2.75) is 50.4 Å². The molecule has 1 N–H and O–H groups in total. The number of nitrogens with zero attached hydrogens (tertiary/aromatic N) is 1. The Balaban J connectivity index is 1.99. The van der Waals surface area contributed by atoms with Gasteiger partial charge in [0.25, 0.3) is 5.91 Å². The molecule has 1 aliphatic rings. The summed E-state index contributed by atoms with van der Waals surface area (Å²) in [5.74, 6) is -5.03. The van der Waals surface area contributed by atoms with E-state index in [1.54, 1.807) is 49.4 Å². The summed E-state index contributed by atoms with van der Waals surface area (Å²) in [6.07, 6.45) is -8.08. The zero-order valence-electron chi connectivity index (χ0n) is 26.3. The topological polar surface area (TPSA) is 41.6 Å². The third-order valence-electron chi connectivity index (χ3n) is 8.07. The molecule has 0 spiro atoms. The smallest absolute Gasteiger partial charge is 0.428 e. The number of carbonyl (C=O) groups excluding carboxylic acids is 1. The van der Waals surface area contributed by atoms with Gasteiger partial charge in [0.2, 0.25) is 0 Å². The number of amides is 1. The van der Waals surface area contributed by atoms with Crippen LogP contribution in [0.3, 0.4) is 0 Å². The second-order valence-corrected chi connectivity index (χ2v) is 11.5. The van der Waals surface area contributed by atoms with E-state index in [1.165, 1.54) is 6.08 Å². The van der Waals surface area contributed by atoms with Crippen molar-refractivity contribution in [3.05, 3.63) is 137 Å². The van der Waals surface area contributed by atoms with E-state index in [-0.39, 0.29) is 17.6 Å². The molecule has 0 saturated carbocycles. The van der Waals surface area contributed by atoms with Crippen LogP contribution in [0.15, 0.2) is 103 Å². The van der Waals surface area contributed by atoms with E-state index < -0.39 is 58.7 Å². The van der Waals surface area contributed by atoms with Gasteiger partial charge in [0.1, 0.15) is 17.4 Å². The van der Waals surface area contributed by atoms with Crippen molar-refractivity contribution in [2.75, 3.05) is 19.6 Å². The molecule has 0 aromatic heterocycles. The number of nitrogens with one attached hydrogen (secondary N) is 1. The fourth-order valence-corrected chi connectivity index (χ4v) is 5.66. The molecule has 1 atom stereocenters. The van der Waals surface area contributed by atoms with Crippen molar-refractivity contribution in [3.63, 3.8) is 0 Å². The highest BCUT2D eigenvalue weighted by atomic mass is 19.4. The lowest BCUT2D eigenvalue weighted by Crippen LogP contribution is -2.49. The Kier molecular flexibility index (Phi) is 11.7. The molecule has 0 bridgehead atoms. The number of hydrogen-bond acceptors (Lipinski definition) is 3. The van der Waals surface area contributed by atoms with Crippen LogP contribution in [0.2, 0.25) is 0 Å². The van der Waals surface area contributed by atoms with Crippen LogP contribution < -0.4 is 10.1 Å².